The van der Waals surface area contributed by atoms with Crippen LogP contribution >= 0.6 is 0 Å². The molecular weight excluding hydrogens is 288 g/mol. The topological polar surface area (TPSA) is 58.6 Å². The van der Waals surface area contributed by atoms with Gasteiger partial charge < -0.3 is 10.1 Å². The van der Waals surface area contributed by atoms with Gasteiger partial charge in [-0.3, -0.25) is 0 Å². The van der Waals surface area contributed by atoms with Gasteiger partial charge in [0, 0.05) is 13.1 Å². The molecule has 0 aromatic heterocycles. The quantitative estimate of drug-likeness (QED) is 0.912. The second-order valence-corrected chi connectivity index (χ2v) is 7.89. The van der Waals surface area contributed by atoms with Gasteiger partial charge in [-0.1, -0.05) is 6.07 Å². The molecule has 2 aliphatic heterocycles. The van der Waals surface area contributed by atoms with Gasteiger partial charge in [0.15, 0.2) is 0 Å². The maximum absolute atomic E-state index is 12.9. The number of benzene rings is 1. The van der Waals surface area contributed by atoms with Crippen LogP contribution in [0, 0.1) is 18.8 Å². The Morgan fingerprint density at radius 2 is 2.05 bits per heavy atom. The molecule has 1 N–H and O–H groups in total. The van der Waals surface area contributed by atoms with Crippen molar-refractivity contribution >= 4 is 10.0 Å². The molecule has 0 aliphatic carbocycles. The predicted octanol–water partition coefficient (Wildman–Crippen LogP) is 1.23. The highest BCUT2D eigenvalue weighted by molar-refractivity contribution is 7.89. The molecule has 1 aromatic rings. The first-order chi connectivity index (χ1) is 10.0. The number of rotatable bonds is 3. The summed E-state index contributed by atoms with van der Waals surface area (Å²) in [6.07, 6.45) is 0.936. The molecule has 1 aromatic carbocycles. The summed E-state index contributed by atoms with van der Waals surface area (Å²) < 4.78 is 32.7. The number of sulfonamides is 1. The number of nitrogens with one attached hydrogen (secondary N) is 1. The van der Waals surface area contributed by atoms with E-state index in [-0.39, 0.29) is 4.90 Å². The molecule has 2 unspecified atom stereocenters. The van der Waals surface area contributed by atoms with Gasteiger partial charge in [-0.2, -0.15) is 4.31 Å². The van der Waals surface area contributed by atoms with Crippen molar-refractivity contribution in [2.75, 3.05) is 33.3 Å². The smallest absolute Gasteiger partial charge is 0.246 e. The molecule has 0 saturated carbocycles. The van der Waals surface area contributed by atoms with Crippen LogP contribution in [-0.2, 0) is 10.0 Å². The van der Waals surface area contributed by atoms with E-state index >= 15 is 0 Å². The molecule has 2 heterocycles. The van der Waals surface area contributed by atoms with Crippen molar-refractivity contribution in [2.24, 2.45) is 11.8 Å². The lowest BCUT2D eigenvalue weighted by Gasteiger charge is -2.33. The van der Waals surface area contributed by atoms with Gasteiger partial charge in [0.2, 0.25) is 10.0 Å². The average molecular weight is 310 g/mol. The maximum atomic E-state index is 12.9. The standard InChI is InChI=1S/C15H22N2O3S/c1-11-3-4-14(20-2)15(7-11)21(18,19)17-6-5-12-8-16-9-13(12)10-17/h3-4,7,12-13,16H,5-6,8-10H2,1-2H3. The third kappa shape index (κ3) is 2.67. The third-order valence-electron chi connectivity index (χ3n) is 4.60. The van der Waals surface area contributed by atoms with Crippen LogP contribution in [0.15, 0.2) is 23.1 Å². The van der Waals surface area contributed by atoms with E-state index in [4.69, 9.17) is 4.74 Å². The van der Waals surface area contributed by atoms with E-state index in [9.17, 15) is 8.42 Å². The molecule has 3 rings (SSSR count). The largest absolute Gasteiger partial charge is 0.495 e. The number of ether oxygens (including phenoxy) is 1. The molecule has 2 atom stereocenters. The van der Waals surface area contributed by atoms with Gasteiger partial charge in [-0.25, -0.2) is 8.42 Å². The van der Waals surface area contributed by atoms with Crippen LogP contribution in [0.1, 0.15) is 12.0 Å². The van der Waals surface area contributed by atoms with E-state index in [1.807, 2.05) is 13.0 Å². The summed E-state index contributed by atoms with van der Waals surface area (Å²) in [4.78, 5) is 0.286. The highest BCUT2D eigenvalue weighted by atomic mass is 32.2. The van der Waals surface area contributed by atoms with Crippen molar-refractivity contribution in [3.63, 3.8) is 0 Å². The SMILES string of the molecule is COc1ccc(C)cc1S(=O)(=O)N1CCC2CNCC2C1. The molecule has 2 aliphatic rings. The lowest BCUT2D eigenvalue weighted by atomic mass is 9.90. The van der Waals surface area contributed by atoms with Crippen LogP contribution < -0.4 is 10.1 Å². The molecule has 0 amide bonds. The zero-order chi connectivity index (χ0) is 15.0. The van der Waals surface area contributed by atoms with Gasteiger partial charge in [-0.15, -0.1) is 0 Å². The summed E-state index contributed by atoms with van der Waals surface area (Å²) in [6, 6.07) is 5.30. The Labute approximate surface area is 126 Å². The summed E-state index contributed by atoms with van der Waals surface area (Å²) in [5.74, 6) is 1.48. The summed E-state index contributed by atoms with van der Waals surface area (Å²) >= 11 is 0. The van der Waals surface area contributed by atoms with E-state index in [2.05, 4.69) is 5.32 Å². The summed E-state index contributed by atoms with van der Waals surface area (Å²) in [5, 5.41) is 3.36. The Kier molecular flexibility index (Phi) is 3.94. The second kappa shape index (κ2) is 5.59. The Hall–Kier alpha value is -1.11. The van der Waals surface area contributed by atoms with Crippen molar-refractivity contribution in [2.45, 2.75) is 18.2 Å². The minimum atomic E-state index is -3.49. The van der Waals surface area contributed by atoms with Crippen LogP contribution in [0.25, 0.3) is 0 Å². The zero-order valence-corrected chi connectivity index (χ0v) is 13.3. The Bertz CT molecular complexity index is 630. The number of methoxy groups -OCH3 is 1. The molecule has 2 saturated heterocycles. The zero-order valence-electron chi connectivity index (χ0n) is 12.5. The van der Waals surface area contributed by atoms with Crippen LogP contribution in [-0.4, -0.2) is 46.0 Å². The first-order valence-corrected chi connectivity index (χ1v) is 8.82. The second-order valence-electron chi connectivity index (χ2n) is 5.98. The molecule has 0 spiro atoms. The minimum absolute atomic E-state index is 0.286. The molecule has 5 nitrogen and oxygen atoms in total. The van der Waals surface area contributed by atoms with Crippen LogP contribution in [0.2, 0.25) is 0 Å². The molecule has 6 heteroatoms. The fourth-order valence-corrected chi connectivity index (χ4v) is 5.10. The van der Waals surface area contributed by atoms with E-state index in [1.54, 1.807) is 16.4 Å². The highest BCUT2D eigenvalue weighted by Crippen LogP contribution is 2.33. The van der Waals surface area contributed by atoms with E-state index in [0.29, 0.717) is 30.7 Å². The number of aryl methyl sites for hydroxylation is 1. The van der Waals surface area contributed by atoms with Crippen molar-refractivity contribution in [3.8, 4) is 5.75 Å². The molecule has 0 radical (unpaired) electrons. The average Bonchev–Trinajstić information content (AvgIpc) is 2.94. The van der Waals surface area contributed by atoms with Gasteiger partial charge in [0.05, 0.1) is 7.11 Å². The summed E-state index contributed by atoms with van der Waals surface area (Å²) in [5.41, 5.74) is 0.923. The van der Waals surface area contributed by atoms with Crippen LogP contribution in [0.3, 0.4) is 0 Å². The third-order valence-corrected chi connectivity index (χ3v) is 6.49. The van der Waals surface area contributed by atoms with Crippen molar-refractivity contribution in [3.05, 3.63) is 23.8 Å². The van der Waals surface area contributed by atoms with Gasteiger partial charge in [-0.05, 0) is 56.0 Å². The van der Waals surface area contributed by atoms with E-state index < -0.39 is 10.0 Å². The number of nitrogens with zero attached hydrogens (tertiary/aromatic N) is 1. The summed E-state index contributed by atoms with van der Waals surface area (Å²) in [7, 11) is -1.97. The Morgan fingerprint density at radius 1 is 1.29 bits per heavy atom. The first-order valence-electron chi connectivity index (χ1n) is 7.38. The number of hydrogen-bond donors (Lipinski definition) is 1. The van der Waals surface area contributed by atoms with Crippen LogP contribution in [0.5, 0.6) is 5.75 Å². The molecule has 0 bridgehead atoms. The van der Waals surface area contributed by atoms with Crippen molar-refractivity contribution < 1.29 is 13.2 Å². The monoisotopic (exact) mass is 310 g/mol. The minimum Gasteiger partial charge on any atom is -0.495 e. The number of fused-ring (bicyclic) bond motifs is 1. The lowest BCUT2D eigenvalue weighted by Crippen LogP contribution is -2.43. The molecular formula is C15H22N2O3S. The maximum Gasteiger partial charge on any atom is 0.246 e. The number of hydrogen-bond acceptors (Lipinski definition) is 4. The normalized spacial score (nSPS) is 26.6. The van der Waals surface area contributed by atoms with Gasteiger partial charge >= 0.3 is 0 Å². The van der Waals surface area contributed by atoms with Crippen LogP contribution in [0.4, 0.5) is 0 Å². The fraction of sp³-hybridized carbons (Fsp3) is 0.600. The first kappa shape index (κ1) is 14.8. The Morgan fingerprint density at radius 3 is 2.81 bits per heavy atom. The highest BCUT2D eigenvalue weighted by Gasteiger charge is 2.38. The number of piperidine rings is 1. The Balaban J connectivity index is 1.91. The predicted molar refractivity (Wildman–Crippen MR) is 81.0 cm³/mol. The van der Waals surface area contributed by atoms with Gasteiger partial charge in [0.1, 0.15) is 10.6 Å². The molecule has 2 fully saturated rings. The fourth-order valence-electron chi connectivity index (χ4n) is 3.34. The van der Waals surface area contributed by atoms with E-state index in [0.717, 1.165) is 25.1 Å². The lowest BCUT2D eigenvalue weighted by molar-refractivity contribution is 0.227. The van der Waals surface area contributed by atoms with E-state index in [1.165, 1.54) is 7.11 Å². The van der Waals surface area contributed by atoms with Crippen molar-refractivity contribution in [1.82, 2.24) is 9.62 Å². The molecule has 116 valence electrons. The molecule has 21 heavy (non-hydrogen) atoms. The summed E-state index contributed by atoms with van der Waals surface area (Å²) in [6.45, 7) is 5.04. The van der Waals surface area contributed by atoms with Gasteiger partial charge in [0.25, 0.3) is 0 Å². The van der Waals surface area contributed by atoms with Crippen molar-refractivity contribution in [1.29, 1.82) is 0 Å².